The first kappa shape index (κ1) is 22.9. The summed E-state index contributed by atoms with van der Waals surface area (Å²) in [7, 11) is 0. The molecule has 4 nitrogen and oxygen atoms in total. The topological polar surface area (TPSA) is 43.6 Å². The Kier molecular flexibility index (Phi) is 4.90. The minimum absolute atomic E-state index is 0.622. The molecule has 0 aliphatic carbocycles. The van der Waals surface area contributed by atoms with E-state index in [0.29, 0.717) is 17.6 Å². The summed E-state index contributed by atoms with van der Waals surface area (Å²) in [6.45, 7) is 0. The van der Waals surface area contributed by atoms with Crippen LogP contribution in [-0.2, 0) is 0 Å². The molecule has 0 aliphatic heterocycles. The van der Waals surface area contributed by atoms with Crippen LogP contribution < -0.4 is 0 Å². The molecule has 41 heavy (non-hydrogen) atoms. The van der Waals surface area contributed by atoms with Gasteiger partial charge in [0.1, 0.15) is 0 Å². The molecule has 0 fully saturated rings. The predicted molar refractivity (Wildman–Crippen MR) is 173 cm³/mol. The molecule has 4 heterocycles. The van der Waals surface area contributed by atoms with Gasteiger partial charge in [-0.25, -0.2) is 4.98 Å². The van der Waals surface area contributed by atoms with Crippen LogP contribution >= 0.6 is 22.7 Å². The van der Waals surface area contributed by atoms with Crippen molar-refractivity contribution in [2.75, 3.05) is 0 Å². The summed E-state index contributed by atoms with van der Waals surface area (Å²) >= 11 is 3.61. The van der Waals surface area contributed by atoms with Crippen molar-refractivity contribution in [2.24, 2.45) is 0 Å². The maximum Gasteiger partial charge on any atom is 0.238 e. The van der Waals surface area contributed by atoms with E-state index in [1.54, 1.807) is 11.3 Å². The monoisotopic (exact) mass is 560 g/mol. The van der Waals surface area contributed by atoms with E-state index < -0.39 is 0 Å². The zero-order valence-corrected chi connectivity index (χ0v) is 23.3. The van der Waals surface area contributed by atoms with E-state index in [1.807, 2.05) is 47.7 Å². The van der Waals surface area contributed by atoms with Crippen LogP contribution in [-0.4, -0.2) is 19.5 Å². The summed E-state index contributed by atoms with van der Waals surface area (Å²) in [4.78, 5) is 15.2. The lowest BCUT2D eigenvalue weighted by Crippen LogP contribution is -2.06. The highest BCUT2D eigenvalue weighted by atomic mass is 32.1. The van der Waals surface area contributed by atoms with Crippen LogP contribution in [0.2, 0.25) is 0 Å². The molecule has 0 spiro atoms. The van der Waals surface area contributed by atoms with E-state index in [0.717, 1.165) is 22.2 Å². The Morgan fingerprint density at radius 2 is 1.10 bits per heavy atom. The molecule has 0 aliphatic rings. The fourth-order valence-electron chi connectivity index (χ4n) is 6.00. The second-order valence-corrected chi connectivity index (χ2v) is 11.9. The first-order valence-electron chi connectivity index (χ1n) is 13.4. The van der Waals surface area contributed by atoms with E-state index >= 15 is 0 Å². The normalized spacial score (nSPS) is 11.9. The van der Waals surface area contributed by atoms with Gasteiger partial charge < -0.3 is 0 Å². The van der Waals surface area contributed by atoms with Crippen LogP contribution in [0.3, 0.4) is 0 Å². The molecule has 192 valence electrons. The maximum atomic E-state index is 5.15. The van der Waals surface area contributed by atoms with Gasteiger partial charge in [-0.2, -0.15) is 21.3 Å². The Morgan fingerprint density at radius 3 is 1.80 bits per heavy atom. The molecule has 0 bridgehead atoms. The van der Waals surface area contributed by atoms with Gasteiger partial charge in [0.05, 0.1) is 15.7 Å². The van der Waals surface area contributed by atoms with Gasteiger partial charge in [0.15, 0.2) is 11.6 Å². The van der Waals surface area contributed by atoms with Gasteiger partial charge in [-0.1, -0.05) is 97.1 Å². The minimum Gasteiger partial charge on any atom is -0.276 e. The zero-order chi connectivity index (χ0) is 26.9. The maximum absolute atomic E-state index is 5.15. The van der Waals surface area contributed by atoms with Crippen molar-refractivity contribution in [1.82, 2.24) is 19.5 Å². The van der Waals surface area contributed by atoms with Crippen molar-refractivity contribution in [3.05, 3.63) is 120 Å². The average Bonchev–Trinajstić information content (AvgIpc) is 3.75. The minimum atomic E-state index is 0.622. The molecule has 0 unspecified atom stereocenters. The van der Waals surface area contributed by atoms with Crippen molar-refractivity contribution in [1.29, 1.82) is 0 Å². The Labute approximate surface area is 242 Å². The standard InChI is InChI=1S/C35H20N4S2/c1-3-11-21(12-4-1)33-36-34(22-13-5-2-6-14-22)38-35(37-33)39-27-17-9-7-15-23(27)29-25-19-40-20-26(25)30-24-16-8-10-18-28(24)41-32(30)31(29)39/h1-20H. The lowest BCUT2D eigenvalue weighted by atomic mass is 10.0. The molecule has 5 aromatic carbocycles. The number of nitrogens with zero attached hydrogens (tertiary/aromatic N) is 4. The molecule has 0 amide bonds. The highest BCUT2D eigenvalue weighted by Gasteiger charge is 2.24. The Hall–Kier alpha value is -4.91. The second-order valence-electron chi connectivity index (χ2n) is 10.1. The Morgan fingerprint density at radius 1 is 0.512 bits per heavy atom. The number of thiophene rings is 2. The quantitative estimate of drug-likeness (QED) is 0.216. The molecule has 0 atom stereocenters. The highest BCUT2D eigenvalue weighted by molar-refractivity contribution is 7.27. The van der Waals surface area contributed by atoms with Crippen molar-refractivity contribution in [3.8, 4) is 28.7 Å². The van der Waals surface area contributed by atoms with Gasteiger partial charge in [-0.15, -0.1) is 11.3 Å². The fourth-order valence-corrected chi connectivity index (χ4v) is 8.09. The highest BCUT2D eigenvalue weighted by Crippen LogP contribution is 2.48. The molecule has 0 radical (unpaired) electrons. The Balaban J connectivity index is 1.49. The van der Waals surface area contributed by atoms with Gasteiger partial charge in [0.25, 0.3) is 0 Å². The smallest absolute Gasteiger partial charge is 0.238 e. The average molecular weight is 561 g/mol. The molecule has 9 aromatic rings. The van der Waals surface area contributed by atoms with E-state index in [2.05, 4.69) is 88.1 Å². The molecule has 0 saturated carbocycles. The van der Waals surface area contributed by atoms with Crippen molar-refractivity contribution >= 4 is 75.4 Å². The molecule has 4 aromatic heterocycles. The summed E-state index contributed by atoms with van der Waals surface area (Å²) in [5.41, 5.74) is 4.16. The fraction of sp³-hybridized carbons (Fsp3) is 0. The van der Waals surface area contributed by atoms with E-state index in [-0.39, 0.29) is 0 Å². The zero-order valence-electron chi connectivity index (χ0n) is 21.7. The van der Waals surface area contributed by atoms with Crippen LogP contribution in [0.4, 0.5) is 0 Å². The largest absolute Gasteiger partial charge is 0.276 e. The van der Waals surface area contributed by atoms with Crippen molar-refractivity contribution in [2.45, 2.75) is 0 Å². The summed E-state index contributed by atoms with van der Waals surface area (Å²) in [5.74, 6) is 1.94. The summed E-state index contributed by atoms with van der Waals surface area (Å²) in [5, 5.41) is 12.2. The van der Waals surface area contributed by atoms with Gasteiger partial charge in [0.2, 0.25) is 5.95 Å². The predicted octanol–water partition coefficient (Wildman–Crippen LogP) is 9.89. The van der Waals surface area contributed by atoms with Gasteiger partial charge in [0, 0.05) is 48.1 Å². The second kappa shape index (κ2) is 8.80. The third-order valence-electron chi connectivity index (χ3n) is 7.77. The van der Waals surface area contributed by atoms with Gasteiger partial charge >= 0.3 is 0 Å². The first-order chi connectivity index (χ1) is 20.3. The molecule has 0 saturated heterocycles. The number of benzene rings is 5. The van der Waals surface area contributed by atoms with Crippen molar-refractivity contribution < 1.29 is 0 Å². The molecule has 9 rings (SSSR count). The van der Waals surface area contributed by atoms with Crippen molar-refractivity contribution in [3.63, 3.8) is 0 Å². The summed E-state index contributed by atoms with van der Waals surface area (Å²) in [6, 6.07) is 37.7. The number of aromatic nitrogens is 4. The summed E-state index contributed by atoms with van der Waals surface area (Å²) < 4.78 is 4.80. The van der Waals surface area contributed by atoms with Crippen LogP contribution in [0.25, 0.3) is 81.5 Å². The van der Waals surface area contributed by atoms with Gasteiger partial charge in [-0.05, 0) is 22.9 Å². The summed E-state index contributed by atoms with van der Waals surface area (Å²) in [6.07, 6.45) is 0. The van der Waals surface area contributed by atoms with Crippen LogP contribution in [0, 0.1) is 0 Å². The Bertz CT molecular complexity index is 2360. The lowest BCUT2D eigenvalue weighted by Gasteiger charge is -2.11. The van der Waals surface area contributed by atoms with E-state index in [9.17, 15) is 0 Å². The molecule has 0 N–H and O–H groups in total. The molecule has 6 heteroatoms. The number of hydrogen-bond donors (Lipinski definition) is 0. The lowest BCUT2D eigenvalue weighted by molar-refractivity contribution is 0.955. The SMILES string of the molecule is c1ccc(-c2nc(-c3ccccc3)nc(-n3c4ccccc4c4c5cscc5c5c6ccccc6sc5c43)n2)cc1. The molecular weight excluding hydrogens is 541 g/mol. The molecular formula is C35H20N4S2. The third kappa shape index (κ3) is 3.35. The number of hydrogen-bond acceptors (Lipinski definition) is 5. The van der Waals surface area contributed by atoms with Crippen LogP contribution in [0.15, 0.2) is 120 Å². The van der Waals surface area contributed by atoms with Crippen LogP contribution in [0.5, 0.6) is 0 Å². The number of fused-ring (bicyclic) bond motifs is 10. The van der Waals surface area contributed by atoms with E-state index in [4.69, 9.17) is 15.0 Å². The third-order valence-corrected chi connectivity index (χ3v) is 9.69. The van der Waals surface area contributed by atoms with E-state index in [1.165, 1.54) is 41.7 Å². The van der Waals surface area contributed by atoms with Crippen LogP contribution in [0.1, 0.15) is 0 Å². The number of rotatable bonds is 3. The first-order valence-corrected chi connectivity index (χ1v) is 15.2. The van der Waals surface area contributed by atoms with Gasteiger partial charge in [-0.3, -0.25) is 4.57 Å². The number of para-hydroxylation sites is 1.